The van der Waals surface area contributed by atoms with Gasteiger partial charge in [0.1, 0.15) is 24.2 Å². The van der Waals surface area contributed by atoms with Crippen LogP contribution in [-0.4, -0.2) is 47.9 Å². The number of benzene rings is 1. The van der Waals surface area contributed by atoms with Crippen molar-refractivity contribution in [2.24, 2.45) is 11.8 Å². The Hall–Kier alpha value is -3.41. The van der Waals surface area contributed by atoms with Gasteiger partial charge in [-0.25, -0.2) is 4.79 Å². The predicted molar refractivity (Wildman–Crippen MR) is 139 cm³/mol. The molecule has 3 N–H and O–H groups in total. The second-order valence-electron chi connectivity index (χ2n) is 10.0. The molecule has 1 fully saturated rings. The van der Waals surface area contributed by atoms with Crippen molar-refractivity contribution in [3.05, 3.63) is 35.4 Å². The van der Waals surface area contributed by atoms with Crippen LogP contribution in [0.1, 0.15) is 77.8 Å². The highest BCUT2D eigenvalue weighted by atomic mass is 16.5. The van der Waals surface area contributed by atoms with E-state index in [0.29, 0.717) is 17.5 Å². The molecule has 2 rings (SSSR count). The number of nitrogens with zero attached hydrogens (tertiary/aromatic N) is 1. The Labute approximate surface area is 219 Å². The molecule has 1 aliphatic heterocycles. The molecule has 9 heteroatoms. The fourth-order valence-electron chi connectivity index (χ4n) is 4.27. The fraction of sp³-hybridized carbons (Fsp3) is 0.607. The lowest BCUT2D eigenvalue weighted by Gasteiger charge is -2.29. The van der Waals surface area contributed by atoms with Crippen molar-refractivity contribution < 1.29 is 23.9 Å². The lowest BCUT2D eigenvalue weighted by molar-refractivity contribution is -0.158. The number of cyclic esters (lactones) is 1. The summed E-state index contributed by atoms with van der Waals surface area (Å²) in [4.78, 5) is 52.5. The van der Waals surface area contributed by atoms with Gasteiger partial charge in [-0.1, -0.05) is 59.1 Å². The van der Waals surface area contributed by atoms with Crippen molar-refractivity contribution in [3.63, 3.8) is 0 Å². The van der Waals surface area contributed by atoms with Crippen LogP contribution in [0.4, 0.5) is 0 Å². The standard InChI is InChI=1S/C28H40N4O5/c1-6-8-10-18(4)23-15-24(33)31-22(14-20-11-9-12-21(13-20)16-29)27(35)30-19(5)26(34)32-25(17(3)7-2)28(36)37-23/h9,11-13,17-19,22-23,25H,6-8,10,14-15H2,1-5H3,(H,30,35)(H,31,33)(H,32,34)/t17-,18+,19+,22-,23-,25+/m1/s1. The second kappa shape index (κ2) is 14.4. The minimum Gasteiger partial charge on any atom is -0.460 e. The topological polar surface area (TPSA) is 137 Å². The molecule has 6 atom stereocenters. The van der Waals surface area contributed by atoms with Gasteiger partial charge in [-0.2, -0.15) is 5.26 Å². The number of hydrogen-bond donors (Lipinski definition) is 3. The van der Waals surface area contributed by atoms with Gasteiger partial charge in [-0.05, 0) is 42.9 Å². The van der Waals surface area contributed by atoms with Gasteiger partial charge in [0, 0.05) is 6.42 Å². The van der Waals surface area contributed by atoms with E-state index in [-0.39, 0.29) is 24.7 Å². The number of esters is 1. The highest BCUT2D eigenvalue weighted by Crippen LogP contribution is 2.21. The van der Waals surface area contributed by atoms with Crippen molar-refractivity contribution in [1.82, 2.24) is 16.0 Å². The molecule has 9 nitrogen and oxygen atoms in total. The number of amides is 3. The lowest BCUT2D eigenvalue weighted by Crippen LogP contribution is -2.55. The Kier molecular flexibility index (Phi) is 11.6. The average molecular weight is 513 g/mol. The first-order valence-corrected chi connectivity index (χ1v) is 13.2. The predicted octanol–water partition coefficient (Wildman–Crippen LogP) is 2.76. The first kappa shape index (κ1) is 29.8. The molecule has 1 aliphatic rings. The average Bonchev–Trinajstić information content (AvgIpc) is 2.88. The van der Waals surface area contributed by atoms with Gasteiger partial charge >= 0.3 is 5.97 Å². The van der Waals surface area contributed by atoms with Gasteiger partial charge in [-0.3, -0.25) is 14.4 Å². The first-order valence-electron chi connectivity index (χ1n) is 13.2. The summed E-state index contributed by atoms with van der Waals surface area (Å²) in [6.45, 7) is 9.29. The van der Waals surface area contributed by atoms with Crippen LogP contribution in [0.25, 0.3) is 0 Å². The largest absolute Gasteiger partial charge is 0.460 e. The zero-order valence-corrected chi connectivity index (χ0v) is 22.5. The Morgan fingerprint density at radius 3 is 2.43 bits per heavy atom. The quantitative estimate of drug-likeness (QED) is 0.458. The molecule has 0 bridgehead atoms. The number of unbranched alkanes of at least 4 members (excludes halogenated alkanes) is 1. The third kappa shape index (κ3) is 8.88. The van der Waals surface area contributed by atoms with Crippen LogP contribution in [0.2, 0.25) is 0 Å². The highest BCUT2D eigenvalue weighted by molar-refractivity contribution is 5.94. The van der Waals surface area contributed by atoms with Crippen LogP contribution < -0.4 is 16.0 Å². The number of nitrogens with one attached hydrogen (secondary N) is 3. The molecule has 1 aromatic rings. The molecule has 0 radical (unpaired) electrons. The van der Waals surface area contributed by atoms with Crippen molar-refractivity contribution in [2.75, 3.05) is 0 Å². The molecule has 3 amide bonds. The molecule has 37 heavy (non-hydrogen) atoms. The van der Waals surface area contributed by atoms with Crippen molar-refractivity contribution in [3.8, 4) is 6.07 Å². The molecule has 0 unspecified atom stereocenters. The summed E-state index contributed by atoms with van der Waals surface area (Å²) in [5.74, 6) is -2.34. The monoisotopic (exact) mass is 512 g/mol. The Bertz CT molecular complexity index is 1000. The Morgan fingerprint density at radius 1 is 1.05 bits per heavy atom. The molecule has 1 aromatic carbocycles. The van der Waals surface area contributed by atoms with Gasteiger partial charge in [0.05, 0.1) is 18.1 Å². The van der Waals surface area contributed by atoms with Crippen molar-refractivity contribution >= 4 is 23.7 Å². The van der Waals surface area contributed by atoms with E-state index in [1.54, 1.807) is 24.3 Å². The van der Waals surface area contributed by atoms with Crippen LogP contribution in [0, 0.1) is 23.2 Å². The highest BCUT2D eigenvalue weighted by Gasteiger charge is 2.35. The maximum absolute atomic E-state index is 13.2. The third-order valence-electron chi connectivity index (χ3n) is 6.97. The van der Waals surface area contributed by atoms with Crippen LogP contribution in [0.5, 0.6) is 0 Å². The molecule has 1 heterocycles. The maximum Gasteiger partial charge on any atom is 0.329 e. The van der Waals surface area contributed by atoms with E-state index in [1.165, 1.54) is 6.92 Å². The van der Waals surface area contributed by atoms with Gasteiger partial charge in [0.15, 0.2) is 0 Å². The number of rotatable bonds is 8. The van der Waals surface area contributed by atoms with Gasteiger partial charge in [-0.15, -0.1) is 0 Å². The van der Waals surface area contributed by atoms with E-state index in [4.69, 9.17) is 4.74 Å². The molecule has 0 aromatic heterocycles. The minimum atomic E-state index is -0.981. The van der Waals surface area contributed by atoms with Gasteiger partial charge < -0.3 is 20.7 Å². The zero-order valence-electron chi connectivity index (χ0n) is 22.5. The number of carbonyl (C=O) groups excluding carboxylic acids is 4. The van der Waals surface area contributed by atoms with Crippen LogP contribution >= 0.6 is 0 Å². The number of nitriles is 1. The summed E-state index contributed by atoms with van der Waals surface area (Å²) in [6, 6.07) is 6.04. The Morgan fingerprint density at radius 2 is 1.78 bits per heavy atom. The van der Waals surface area contributed by atoms with E-state index in [9.17, 15) is 24.4 Å². The van der Waals surface area contributed by atoms with E-state index in [1.807, 2.05) is 20.8 Å². The number of ether oxygens (including phenoxy) is 1. The van der Waals surface area contributed by atoms with Crippen LogP contribution in [0.3, 0.4) is 0 Å². The molecule has 0 spiro atoms. The maximum atomic E-state index is 13.2. The van der Waals surface area contributed by atoms with E-state index in [2.05, 4.69) is 28.9 Å². The third-order valence-corrected chi connectivity index (χ3v) is 6.97. The molecule has 1 saturated heterocycles. The molecule has 0 aliphatic carbocycles. The van der Waals surface area contributed by atoms with Gasteiger partial charge in [0.2, 0.25) is 17.7 Å². The van der Waals surface area contributed by atoms with E-state index in [0.717, 1.165) is 19.3 Å². The minimum absolute atomic E-state index is 0.0911. The molecular weight excluding hydrogens is 472 g/mol. The van der Waals surface area contributed by atoms with E-state index >= 15 is 0 Å². The summed E-state index contributed by atoms with van der Waals surface area (Å²) >= 11 is 0. The first-order chi connectivity index (χ1) is 17.6. The van der Waals surface area contributed by atoms with Gasteiger partial charge in [0.25, 0.3) is 0 Å². The molecular formula is C28H40N4O5. The molecule has 0 saturated carbocycles. The second-order valence-corrected chi connectivity index (χ2v) is 10.0. The Balaban J connectivity index is 2.40. The summed E-state index contributed by atoms with van der Waals surface area (Å²) in [6.07, 6.45) is 2.60. The number of carbonyl (C=O) groups is 4. The van der Waals surface area contributed by atoms with Crippen molar-refractivity contribution in [1.29, 1.82) is 5.26 Å². The summed E-state index contributed by atoms with van der Waals surface area (Å²) in [7, 11) is 0. The zero-order chi connectivity index (χ0) is 27.5. The number of hydrogen-bond acceptors (Lipinski definition) is 6. The van der Waals surface area contributed by atoms with Crippen LogP contribution in [-0.2, 0) is 30.3 Å². The summed E-state index contributed by atoms with van der Waals surface area (Å²) in [5, 5.41) is 17.4. The smallest absolute Gasteiger partial charge is 0.329 e. The normalized spacial score (nSPS) is 25.1. The molecule has 202 valence electrons. The van der Waals surface area contributed by atoms with E-state index < -0.39 is 47.9 Å². The summed E-state index contributed by atoms with van der Waals surface area (Å²) < 4.78 is 5.87. The summed E-state index contributed by atoms with van der Waals surface area (Å²) in [5.41, 5.74) is 1.13. The fourth-order valence-corrected chi connectivity index (χ4v) is 4.27. The SMILES string of the molecule is CCCC[C@H](C)[C@H]1CC(=O)N[C@H](Cc2cccc(C#N)c2)C(=O)N[C@@H](C)C(=O)N[C@@H]([C@H](C)CC)C(=O)O1. The van der Waals surface area contributed by atoms with Crippen molar-refractivity contribution in [2.45, 2.75) is 97.4 Å². The lowest BCUT2D eigenvalue weighted by atomic mass is 9.94. The van der Waals surface area contributed by atoms with Crippen LogP contribution in [0.15, 0.2) is 24.3 Å².